The standard InChI is InChI=1S/C15H18N4O/c1-10(2)14(16)15(20)19-18-9-11-5-6-13-12(8-11)4-3-7-17-13/h3-10,14H,16H2,1-2H3,(H,19,20)/t14-/m1/s1. The third kappa shape index (κ3) is 3.39. The van der Waals surface area contributed by atoms with Gasteiger partial charge in [0.25, 0.3) is 5.91 Å². The molecule has 1 amide bonds. The predicted molar refractivity (Wildman–Crippen MR) is 80.3 cm³/mol. The fraction of sp³-hybridized carbons (Fsp3) is 0.267. The highest BCUT2D eigenvalue weighted by Crippen LogP contribution is 2.11. The molecule has 20 heavy (non-hydrogen) atoms. The molecule has 2 rings (SSSR count). The molecule has 0 saturated carbocycles. The number of amides is 1. The summed E-state index contributed by atoms with van der Waals surface area (Å²) in [5.74, 6) is -0.198. The van der Waals surface area contributed by atoms with Gasteiger partial charge in [-0.3, -0.25) is 9.78 Å². The van der Waals surface area contributed by atoms with Crippen molar-refractivity contribution in [1.82, 2.24) is 10.4 Å². The highest BCUT2D eigenvalue weighted by Gasteiger charge is 2.15. The molecule has 0 aliphatic rings. The van der Waals surface area contributed by atoms with Gasteiger partial charge < -0.3 is 5.73 Å². The van der Waals surface area contributed by atoms with Crippen LogP contribution >= 0.6 is 0 Å². The molecule has 1 aromatic heterocycles. The van der Waals surface area contributed by atoms with Crippen LogP contribution < -0.4 is 11.2 Å². The van der Waals surface area contributed by atoms with Gasteiger partial charge in [-0.1, -0.05) is 26.0 Å². The van der Waals surface area contributed by atoms with Gasteiger partial charge in [-0.2, -0.15) is 5.10 Å². The number of pyridine rings is 1. The van der Waals surface area contributed by atoms with E-state index in [2.05, 4.69) is 15.5 Å². The molecule has 1 aromatic carbocycles. The van der Waals surface area contributed by atoms with E-state index in [-0.39, 0.29) is 11.8 Å². The zero-order chi connectivity index (χ0) is 14.5. The van der Waals surface area contributed by atoms with E-state index < -0.39 is 6.04 Å². The number of nitrogens with zero attached hydrogens (tertiary/aromatic N) is 2. The lowest BCUT2D eigenvalue weighted by molar-refractivity contribution is -0.123. The smallest absolute Gasteiger partial charge is 0.257 e. The Morgan fingerprint density at radius 3 is 2.95 bits per heavy atom. The third-order valence-corrected chi connectivity index (χ3v) is 3.04. The highest BCUT2D eigenvalue weighted by molar-refractivity contribution is 5.89. The van der Waals surface area contributed by atoms with Gasteiger partial charge in [0.15, 0.2) is 0 Å². The molecular weight excluding hydrogens is 252 g/mol. The summed E-state index contributed by atoms with van der Waals surface area (Å²) in [6, 6.07) is 9.08. The van der Waals surface area contributed by atoms with E-state index in [4.69, 9.17) is 5.73 Å². The van der Waals surface area contributed by atoms with Gasteiger partial charge in [0, 0.05) is 11.6 Å². The Kier molecular flexibility index (Phi) is 4.42. The minimum absolute atomic E-state index is 0.0805. The summed E-state index contributed by atoms with van der Waals surface area (Å²) < 4.78 is 0. The second-order valence-electron chi connectivity index (χ2n) is 4.96. The number of aromatic nitrogens is 1. The minimum atomic E-state index is -0.548. The number of hydrogen-bond donors (Lipinski definition) is 2. The van der Waals surface area contributed by atoms with Crippen molar-refractivity contribution in [2.45, 2.75) is 19.9 Å². The molecule has 104 valence electrons. The highest BCUT2D eigenvalue weighted by atomic mass is 16.2. The van der Waals surface area contributed by atoms with E-state index in [1.54, 1.807) is 12.4 Å². The Labute approximate surface area is 117 Å². The fourth-order valence-electron chi connectivity index (χ4n) is 1.72. The zero-order valence-electron chi connectivity index (χ0n) is 11.6. The molecule has 1 atom stereocenters. The van der Waals surface area contributed by atoms with Crippen LogP contribution in [0.2, 0.25) is 0 Å². The van der Waals surface area contributed by atoms with Crippen molar-refractivity contribution >= 4 is 23.0 Å². The average Bonchev–Trinajstić information content (AvgIpc) is 2.46. The first kappa shape index (κ1) is 14.1. The monoisotopic (exact) mass is 270 g/mol. The van der Waals surface area contributed by atoms with E-state index in [1.165, 1.54) is 0 Å². The second kappa shape index (κ2) is 6.25. The Morgan fingerprint density at radius 1 is 1.40 bits per heavy atom. The number of rotatable bonds is 4. The number of benzene rings is 1. The van der Waals surface area contributed by atoms with Gasteiger partial charge in [0.05, 0.1) is 17.8 Å². The van der Waals surface area contributed by atoms with E-state index in [1.807, 2.05) is 44.2 Å². The van der Waals surface area contributed by atoms with Crippen molar-refractivity contribution in [3.8, 4) is 0 Å². The summed E-state index contributed by atoms with van der Waals surface area (Å²) in [6.07, 6.45) is 3.35. The summed E-state index contributed by atoms with van der Waals surface area (Å²) in [6.45, 7) is 3.79. The molecule has 5 heteroatoms. The van der Waals surface area contributed by atoms with Crippen molar-refractivity contribution < 1.29 is 4.79 Å². The van der Waals surface area contributed by atoms with E-state index in [0.29, 0.717) is 0 Å². The number of nitrogens with two attached hydrogens (primary N) is 1. The maximum absolute atomic E-state index is 11.6. The number of hydrazone groups is 1. The Morgan fingerprint density at radius 2 is 2.20 bits per heavy atom. The third-order valence-electron chi connectivity index (χ3n) is 3.04. The van der Waals surface area contributed by atoms with Gasteiger partial charge in [-0.05, 0) is 29.7 Å². The average molecular weight is 270 g/mol. The molecule has 0 spiro atoms. The quantitative estimate of drug-likeness (QED) is 0.655. The number of hydrogen-bond acceptors (Lipinski definition) is 4. The van der Waals surface area contributed by atoms with Crippen molar-refractivity contribution in [3.05, 3.63) is 42.1 Å². The topological polar surface area (TPSA) is 80.4 Å². The maximum atomic E-state index is 11.6. The normalized spacial score (nSPS) is 13.0. The maximum Gasteiger partial charge on any atom is 0.257 e. The summed E-state index contributed by atoms with van der Waals surface area (Å²) in [4.78, 5) is 15.9. The van der Waals surface area contributed by atoms with Crippen molar-refractivity contribution in [2.75, 3.05) is 0 Å². The van der Waals surface area contributed by atoms with E-state index in [0.717, 1.165) is 16.5 Å². The molecule has 0 aliphatic heterocycles. The van der Waals surface area contributed by atoms with Crippen molar-refractivity contribution in [3.63, 3.8) is 0 Å². The van der Waals surface area contributed by atoms with Crippen LogP contribution in [0.3, 0.4) is 0 Å². The summed E-state index contributed by atoms with van der Waals surface area (Å²) >= 11 is 0. The molecule has 0 saturated heterocycles. The van der Waals surface area contributed by atoms with Crippen LogP contribution in [0.4, 0.5) is 0 Å². The van der Waals surface area contributed by atoms with Crippen molar-refractivity contribution in [2.24, 2.45) is 16.8 Å². The van der Waals surface area contributed by atoms with Gasteiger partial charge in [-0.25, -0.2) is 5.43 Å². The Hall–Kier alpha value is -2.27. The van der Waals surface area contributed by atoms with Gasteiger partial charge in [0.1, 0.15) is 0 Å². The van der Waals surface area contributed by atoms with E-state index in [9.17, 15) is 4.79 Å². The molecule has 1 heterocycles. The number of carbonyl (C=O) groups excluding carboxylic acids is 1. The van der Waals surface area contributed by atoms with Crippen LogP contribution in [0.1, 0.15) is 19.4 Å². The van der Waals surface area contributed by atoms with Crippen LogP contribution in [0, 0.1) is 5.92 Å². The molecular formula is C15H18N4O. The SMILES string of the molecule is CC(C)[C@@H](N)C(=O)NN=Cc1ccc2ncccc2c1. The lowest BCUT2D eigenvalue weighted by Crippen LogP contribution is -2.42. The van der Waals surface area contributed by atoms with Crippen LogP contribution in [0.25, 0.3) is 10.9 Å². The van der Waals surface area contributed by atoms with Gasteiger partial charge in [-0.15, -0.1) is 0 Å². The largest absolute Gasteiger partial charge is 0.320 e. The molecule has 0 radical (unpaired) electrons. The van der Waals surface area contributed by atoms with Crippen molar-refractivity contribution in [1.29, 1.82) is 0 Å². The first-order valence-electron chi connectivity index (χ1n) is 6.51. The Balaban J connectivity index is 2.04. The van der Waals surface area contributed by atoms with Crippen LogP contribution in [-0.2, 0) is 4.79 Å². The zero-order valence-corrected chi connectivity index (χ0v) is 11.6. The number of fused-ring (bicyclic) bond motifs is 1. The van der Waals surface area contributed by atoms with Crippen LogP contribution in [0.5, 0.6) is 0 Å². The first-order valence-corrected chi connectivity index (χ1v) is 6.51. The lowest BCUT2D eigenvalue weighted by atomic mass is 10.1. The molecule has 3 N–H and O–H groups in total. The Bertz CT molecular complexity index is 637. The predicted octanol–water partition coefficient (Wildman–Crippen LogP) is 1.67. The molecule has 2 aromatic rings. The van der Waals surface area contributed by atoms with Gasteiger partial charge in [0.2, 0.25) is 0 Å². The van der Waals surface area contributed by atoms with E-state index >= 15 is 0 Å². The summed E-state index contributed by atoms with van der Waals surface area (Å²) in [5, 5.41) is 4.96. The molecule has 0 aliphatic carbocycles. The molecule has 5 nitrogen and oxygen atoms in total. The lowest BCUT2D eigenvalue weighted by Gasteiger charge is -2.12. The minimum Gasteiger partial charge on any atom is -0.320 e. The van der Waals surface area contributed by atoms with Crippen LogP contribution in [-0.4, -0.2) is 23.1 Å². The molecule has 0 unspecified atom stereocenters. The number of carbonyl (C=O) groups is 1. The summed E-state index contributed by atoms with van der Waals surface area (Å²) in [7, 11) is 0. The van der Waals surface area contributed by atoms with Gasteiger partial charge >= 0.3 is 0 Å². The molecule has 0 bridgehead atoms. The number of nitrogens with one attached hydrogen (secondary N) is 1. The molecule has 0 fully saturated rings. The fourth-order valence-corrected chi connectivity index (χ4v) is 1.72. The van der Waals surface area contributed by atoms with Crippen LogP contribution in [0.15, 0.2) is 41.6 Å². The first-order chi connectivity index (χ1) is 9.58. The second-order valence-corrected chi connectivity index (χ2v) is 4.96. The summed E-state index contributed by atoms with van der Waals surface area (Å²) in [5.41, 5.74) is 9.99.